The van der Waals surface area contributed by atoms with E-state index in [1.807, 2.05) is 23.1 Å². The molecule has 108 valence electrons. The molecule has 1 heterocycles. The second kappa shape index (κ2) is 6.15. The lowest BCUT2D eigenvalue weighted by Crippen LogP contribution is -2.34. The first-order chi connectivity index (χ1) is 9.70. The molecule has 3 nitrogen and oxygen atoms in total. The highest BCUT2D eigenvalue weighted by atomic mass is 35.5. The van der Waals surface area contributed by atoms with E-state index in [9.17, 15) is 4.79 Å². The minimum absolute atomic E-state index is 0.278. The van der Waals surface area contributed by atoms with Crippen molar-refractivity contribution in [3.8, 4) is 0 Å². The van der Waals surface area contributed by atoms with E-state index in [2.05, 4.69) is 11.4 Å². The number of rotatable bonds is 6. The molecule has 1 aromatic carbocycles. The highest BCUT2D eigenvalue weighted by molar-refractivity contribution is 6.30. The average Bonchev–Trinajstić information content (AvgIpc) is 3.18. The summed E-state index contributed by atoms with van der Waals surface area (Å²) in [5.74, 6) is 1.14. The molecule has 0 aromatic heterocycles. The average molecular weight is 293 g/mol. The van der Waals surface area contributed by atoms with Crippen molar-refractivity contribution in [2.24, 2.45) is 5.92 Å². The molecule has 1 saturated heterocycles. The van der Waals surface area contributed by atoms with Gasteiger partial charge in [0.25, 0.3) is 0 Å². The molecule has 1 atom stereocenters. The van der Waals surface area contributed by atoms with Crippen LogP contribution in [0.4, 0.5) is 0 Å². The summed E-state index contributed by atoms with van der Waals surface area (Å²) in [5.41, 5.74) is 1.19. The third-order valence-electron chi connectivity index (χ3n) is 4.17. The van der Waals surface area contributed by atoms with Crippen LogP contribution in [0.5, 0.6) is 0 Å². The minimum Gasteiger partial charge on any atom is -0.341 e. The maximum Gasteiger partial charge on any atom is 0.224 e. The molecule has 2 fully saturated rings. The van der Waals surface area contributed by atoms with Crippen LogP contribution in [-0.2, 0) is 11.2 Å². The molecule has 1 saturated carbocycles. The van der Waals surface area contributed by atoms with Gasteiger partial charge >= 0.3 is 0 Å². The summed E-state index contributed by atoms with van der Waals surface area (Å²) < 4.78 is 0. The van der Waals surface area contributed by atoms with Crippen LogP contribution in [-0.4, -0.2) is 36.5 Å². The number of amides is 1. The zero-order chi connectivity index (χ0) is 13.9. The molecule has 1 aliphatic carbocycles. The van der Waals surface area contributed by atoms with E-state index in [4.69, 9.17) is 11.6 Å². The maximum atomic E-state index is 12.0. The number of halogens is 1. The van der Waals surface area contributed by atoms with Gasteiger partial charge in [-0.05, 0) is 49.4 Å². The predicted octanol–water partition coefficient (Wildman–Crippen LogP) is 2.48. The second-order valence-electron chi connectivity index (χ2n) is 5.97. The van der Waals surface area contributed by atoms with Gasteiger partial charge in [0.15, 0.2) is 0 Å². The van der Waals surface area contributed by atoms with E-state index >= 15 is 0 Å². The van der Waals surface area contributed by atoms with Gasteiger partial charge in [-0.1, -0.05) is 23.7 Å². The van der Waals surface area contributed by atoms with Crippen LogP contribution in [0, 0.1) is 5.92 Å². The summed E-state index contributed by atoms with van der Waals surface area (Å²) in [4.78, 5) is 14.0. The van der Waals surface area contributed by atoms with Crippen molar-refractivity contribution < 1.29 is 4.79 Å². The summed E-state index contributed by atoms with van der Waals surface area (Å²) >= 11 is 5.98. The van der Waals surface area contributed by atoms with E-state index in [-0.39, 0.29) is 5.91 Å². The third kappa shape index (κ3) is 3.74. The molecule has 1 aromatic rings. The summed E-state index contributed by atoms with van der Waals surface area (Å²) in [5, 5.41) is 4.29. The van der Waals surface area contributed by atoms with E-state index in [1.54, 1.807) is 0 Å². The molecule has 0 unspecified atom stereocenters. The zero-order valence-electron chi connectivity index (χ0n) is 11.6. The number of likely N-dealkylation sites (tertiary alicyclic amines) is 1. The number of benzene rings is 1. The molecule has 1 N–H and O–H groups in total. The molecule has 20 heavy (non-hydrogen) atoms. The molecule has 2 aliphatic rings. The Hall–Kier alpha value is -1.06. The number of carbonyl (C=O) groups is 1. The number of carbonyl (C=O) groups excluding carboxylic acids is 1. The van der Waals surface area contributed by atoms with Gasteiger partial charge in [-0.2, -0.15) is 0 Å². The first-order valence-electron chi connectivity index (χ1n) is 7.46. The third-order valence-corrected chi connectivity index (χ3v) is 4.40. The minimum atomic E-state index is 0.278. The molecule has 1 aliphatic heterocycles. The summed E-state index contributed by atoms with van der Waals surface area (Å²) in [6.07, 6.45) is 4.24. The standard InChI is InChI=1S/C16H21ClN2O/c17-14-3-1-2-12(8-14)6-7-19-11-15(9-16(19)20)18-10-13-4-5-13/h1-3,8,13,15,18H,4-7,9-11H2/t15-/m0/s1. The van der Waals surface area contributed by atoms with Gasteiger partial charge in [0.1, 0.15) is 0 Å². The smallest absolute Gasteiger partial charge is 0.224 e. The molecule has 1 amide bonds. The first kappa shape index (κ1) is 13.9. The fourth-order valence-corrected chi connectivity index (χ4v) is 2.95. The van der Waals surface area contributed by atoms with Crippen LogP contribution in [0.1, 0.15) is 24.8 Å². The van der Waals surface area contributed by atoms with E-state index in [1.165, 1.54) is 18.4 Å². The normalized spacial score (nSPS) is 22.6. The largest absolute Gasteiger partial charge is 0.341 e. The van der Waals surface area contributed by atoms with Gasteiger partial charge < -0.3 is 10.2 Å². The Balaban J connectivity index is 1.46. The lowest BCUT2D eigenvalue weighted by molar-refractivity contribution is -0.127. The van der Waals surface area contributed by atoms with E-state index in [0.29, 0.717) is 12.5 Å². The molecular weight excluding hydrogens is 272 g/mol. The quantitative estimate of drug-likeness (QED) is 0.874. The number of nitrogens with one attached hydrogen (secondary N) is 1. The monoisotopic (exact) mass is 292 g/mol. The molecule has 4 heteroatoms. The Morgan fingerprint density at radius 2 is 2.20 bits per heavy atom. The maximum absolute atomic E-state index is 12.0. The van der Waals surface area contributed by atoms with Gasteiger partial charge in [-0.25, -0.2) is 0 Å². The van der Waals surface area contributed by atoms with Crippen molar-refractivity contribution in [3.63, 3.8) is 0 Å². The molecule has 3 rings (SSSR count). The van der Waals surface area contributed by atoms with Crippen LogP contribution in [0.15, 0.2) is 24.3 Å². The molecule has 0 radical (unpaired) electrons. The Morgan fingerprint density at radius 3 is 2.95 bits per heavy atom. The van der Waals surface area contributed by atoms with Crippen molar-refractivity contribution in [2.45, 2.75) is 31.7 Å². The van der Waals surface area contributed by atoms with Crippen molar-refractivity contribution in [3.05, 3.63) is 34.9 Å². The Kier molecular flexibility index (Phi) is 4.27. The fraction of sp³-hybridized carbons (Fsp3) is 0.562. The van der Waals surface area contributed by atoms with Gasteiger partial charge in [0.05, 0.1) is 0 Å². The molecule has 0 bridgehead atoms. The number of hydrogen-bond donors (Lipinski definition) is 1. The van der Waals surface area contributed by atoms with Crippen LogP contribution in [0.3, 0.4) is 0 Å². The van der Waals surface area contributed by atoms with Crippen molar-refractivity contribution in [1.82, 2.24) is 10.2 Å². The Morgan fingerprint density at radius 1 is 1.35 bits per heavy atom. The zero-order valence-corrected chi connectivity index (χ0v) is 12.4. The van der Waals surface area contributed by atoms with Crippen LogP contribution in [0.2, 0.25) is 5.02 Å². The first-order valence-corrected chi connectivity index (χ1v) is 7.84. The van der Waals surface area contributed by atoms with Crippen LogP contribution < -0.4 is 5.32 Å². The fourth-order valence-electron chi connectivity index (χ4n) is 2.74. The van der Waals surface area contributed by atoms with E-state index < -0.39 is 0 Å². The topological polar surface area (TPSA) is 32.3 Å². The summed E-state index contributed by atoms with van der Waals surface area (Å²) in [6, 6.07) is 8.23. The van der Waals surface area contributed by atoms with Crippen molar-refractivity contribution in [2.75, 3.05) is 19.6 Å². The molecular formula is C16H21ClN2O. The lowest BCUT2D eigenvalue weighted by atomic mass is 10.1. The van der Waals surface area contributed by atoms with Crippen molar-refractivity contribution in [1.29, 1.82) is 0 Å². The molecule has 0 spiro atoms. The Bertz CT molecular complexity index is 487. The van der Waals surface area contributed by atoms with Crippen LogP contribution >= 0.6 is 11.6 Å². The SMILES string of the molecule is O=C1C[C@H](NCC2CC2)CN1CCc1cccc(Cl)c1. The lowest BCUT2D eigenvalue weighted by Gasteiger charge is -2.17. The van der Waals surface area contributed by atoms with Gasteiger partial charge in [0, 0.05) is 30.6 Å². The second-order valence-corrected chi connectivity index (χ2v) is 6.41. The van der Waals surface area contributed by atoms with Gasteiger partial charge in [0.2, 0.25) is 5.91 Å². The van der Waals surface area contributed by atoms with Crippen LogP contribution in [0.25, 0.3) is 0 Å². The number of hydrogen-bond acceptors (Lipinski definition) is 2. The van der Waals surface area contributed by atoms with Gasteiger partial charge in [-0.3, -0.25) is 4.79 Å². The van der Waals surface area contributed by atoms with Gasteiger partial charge in [-0.15, -0.1) is 0 Å². The predicted molar refractivity (Wildman–Crippen MR) is 80.9 cm³/mol. The Labute approximate surface area is 125 Å². The van der Waals surface area contributed by atoms with E-state index in [0.717, 1.165) is 37.0 Å². The highest BCUT2D eigenvalue weighted by Crippen LogP contribution is 2.28. The number of nitrogens with zero attached hydrogens (tertiary/aromatic N) is 1. The summed E-state index contributed by atoms with van der Waals surface area (Å²) in [7, 11) is 0. The highest BCUT2D eigenvalue weighted by Gasteiger charge is 2.30. The van der Waals surface area contributed by atoms with Crippen molar-refractivity contribution >= 4 is 17.5 Å². The summed E-state index contributed by atoms with van der Waals surface area (Å²) in [6.45, 7) is 2.73.